The lowest BCUT2D eigenvalue weighted by atomic mass is 9.96. The minimum absolute atomic E-state index is 0.890. The monoisotopic (exact) mass is 402 g/mol. The van der Waals surface area contributed by atoms with Crippen molar-refractivity contribution in [2.24, 2.45) is 5.92 Å². The van der Waals surface area contributed by atoms with E-state index in [9.17, 15) is 0 Å². The van der Waals surface area contributed by atoms with E-state index in [4.69, 9.17) is 0 Å². The summed E-state index contributed by atoms with van der Waals surface area (Å²) in [5.74, 6) is 7.55. The van der Waals surface area contributed by atoms with E-state index >= 15 is 0 Å². The van der Waals surface area contributed by atoms with Crippen LogP contribution in [0.3, 0.4) is 0 Å². The molecule has 0 amide bonds. The molecule has 2 radical (unpaired) electrons. The molecule has 0 spiro atoms. The van der Waals surface area contributed by atoms with Crippen molar-refractivity contribution in [3.05, 3.63) is 13.8 Å². The molecule has 0 aromatic rings. The lowest BCUT2D eigenvalue weighted by Crippen LogP contribution is -1.94. The second kappa shape index (κ2) is 25.6. The molecule has 1 unspecified atom stereocenters. The van der Waals surface area contributed by atoms with Gasteiger partial charge in [-0.1, -0.05) is 136 Å². The average Bonchev–Trinajstić information content (AvgIpc) is 2.72. The van der Waals surface area contributed by atoms with Gasteiger partial charge in [0.25, 0.3) is 0 Å². The van der Waals surface area contributed by atoms with Gasteiger partial charge >= 0.3 is 0 Å². The smallest absolute Gasteiger partial charge is 0.00887 e. The average molecular weight is 403 g/mol. The Balaban J connectivity index is 3.18. The van der Waals surface area contributed by atoms with Crippen molar-refractivity contribution >= 4 is 0 Å². The second-order valence-electron chi connectivity index (χ2n) is 9.25. The van der Waals surface area contributed by atoms with Gasteiger partial charge in [-0.05, 0) is 25.2 Å². The molecule has 170 valence electrons. The molecule has 0 heterocycles. The summed E-state index contributed by atoms with van der Waals surface area (Å²) in [6, 6.07) is 0. The lowest BCUT2D eigenvalue weighted by molar-refractivity contribution is 0.445. The summed E-state index contributed by atoms with van der Waals surface area (Å²) in [6.07, 6.45) is 31.1. The molecule has 0 nitrogen and oxygen atoms in total. The zero-order valence-electron chi connectivity index (χ0n) is 20.3. The Hall–Kier alpha value is -0.440. The van der Waals surface area contributed by atoms with Crippen LogP contribution in [0.1, 0.15) is 155 Å². The maximum atomic E-state index is 3.91. The Morgan fingerprint density at radius 1 is 0.448 bits per heavy atom. The van der Waals surface area contributed by atoms with Gasteiger partial charge in [0.15, 0.2) is 0 Å². The Bertz CT molecular complexity index is 345. The van der Waals surface area contributed by atoms with Crippen LogP contribution in [0, 0.1) is 31.6 Å². The molecule has 0 saturated heterocycles. The Labute approximate surface area is 186 Å². The van der Waals surface area contributed by atoms with Crippen LogP contribution in [0.2, 0.25) is 0 Å². The summed E-state index contributed by atoms with van der Waals surface area (Å²) in [4.78, 5) is 0. The van der Waals surface area contributed by atoms with Gasteiger partial charge in [-0.3, -0.25) is 0 Å². The standard InChI is InChI=1S/C29H54/c1-4-6-8-10-12-14-15-16-17-18-19-20-22-24-26-28-29(3)27-25-23-21-13-11-9-7-5-2/h29H,1-2,4-12,14-20,22-28H2,3H3. The van der Waals surface area contributed by atoms with E-state index in [0.717, 1.165) is 31.6 Å². The highest BCUT2D eigenvalue weighted by molar-refractivity contribution is 4.98. The van der Waals surface area contributed by atoms with Crippen molar-refractivity contribution in [3.8, 4) is 11.8 Å². The predicted octanol–water partition coefficient (Wildman–Crippen LogP) is 10.3. The molecule has 0 rings (SSSR count). The first kappa shape index (κ1) is 28.6. The highest BCUT2D eigenvalue weighted by atomic mass is 14.1. The molecule has 0 N–H and O–H groups in total. The fraction of sp³-hybridized carbons (Fsp3) is 0.862. The first-order chi connectivity index (χ1) is 14.3. The Morgan fingerprint density at radius 2 is 0.793 bits per heavy atom. The van der Waals surface area contributed by atoms with Crippen molar-refractivity contribution in [3.63, 3.8) is 0 Å². The van der Waals surface area contributed by atoms with Crippen molar-refractivity contribution in [1.29, 1.82) is 0 Å². The van der Waals surface area contributed by atoms with E-state index in [1.807, 2.05) is 0 Å². The summed E-state index contributed by atoms with van der Waals surface area (Å²) >= 11 is 0. The van der Waals surface area contributed by atoms with Crippen LogP contribution in [0.25, 0.3) is 0 Å². The van der Waals surface area contributed by atoms with Crippen molar-refractivity contribution in [1.82, 2.24) is 0 Å². The molecule has 0 aliphatic heterocycles. The van der Waals surface area contributed by atoms with E-state index < -0.39 is 0 Å². The highest BCUT2D eigenvalue weighted by Gasteiger charge is 2.01. The molecule has 0 aliphatic carbocycles. The fourth-order valence-corrected chi connectivity index (χ4v) is 4.04. The number of hydrogen-bond donors (Lipinski definition) is 0. The van der Waals surface area contributed by atoms with Crippen LogP contribution in [-0.4, -0.2) is 0 Å². The highest BCUT2D eigenvalue weighted by Crippen LogP contribution is 2.18. The largest absolute Gasteiger partial charge is 0.103 e. The van der Waals surface area contributed by atoms with Gasteiger partial charge in [0.05, 0.1) is 0 Å². The SMILES string of the molecule is [CH2]CCCCC#CCCCC(C)CCCCCCCCCCCCCCCC[CH2]. The van der Waals surface area contributed by atoms with E-state index in [1.54, 1.807) is 0 Å². The van der Waals surface area contributed by atoms with Crippen molar-refractivity contribution in [2.45, 2.75) is 155 Å². The van der Waals surface area contributed by atoms with Gasteiger partial charge in [0.2, 0.25) is 0 Å². The molecule has 1 atom stereocenters. The Morgan fingerprint density at radius 3 is 1.28 bits per heavy atom. The van der Waals surface area contributed by atoms with Crippen molar-refractivity contribution < 1.29 is 0 Å². The summed E-state index contributed by atoms with van der Waals surface area (Å²) in [6.45, 7) is 10.2. The van der Waals surface area contributed by atoms with E-state index in [-0.39, 0.29) is 0 Å². The van der Waals surface area contributed by atoms with Crippen LogP contribution in [0.4, 0.5) is 0 Å². The maximum absolute atomic E-state index is 3.91. The summed E-state index contributed by atoms with van der Waals surface area (Å²) in [5, 5.41) is 0. The van der Waals surface area contributed by atoms with Gasteiger partial charge in [0, 0.05) is 12.8 Å². The summed E-state index contributed by atoms with van der Waals surface area (Å²) in [5.41, 5.74) is 0. The van der Waals surface area contributed by atoms with Crippen LogP contribution in [-0.2, 0) is 0 Å². The van der Waals surface area contributed by atoms with E-state index in [0.29, 0.717) is 0 Å². The van der Waals surface area contributed by atoms with Gasteiger partial charge in [-0.15, -0.1) is 11.8 Å². The van der Waals surface area contributed by atoms with Gasteiger partial charge in [-0.2, -0.15) is 0 Å². The zero-order valence-corrected chi connectivity index (χ0v) is 20.3. The topological polar surface area (TPSA) is 0 Å². The third-order valence-corrected chi connectivity index (χ3v) is 6.12. The fourth-order valence-electron chi connectivity index (χ4n) is 4.04. The molecule has 0 aliphatic rings. The number of rotatable bonds is 22. The summed E-state index contributed by atoms with van der Waals surface area (Å²) < 4.78 is 0. The van der Waals surface area contributed by atoms with Crippen LogP contribution in [0.15, 0.2) is 0 Å². The van der Waals surface area contributed by atoms with Crippen molar-refractivity contribution in [2.75, 3.05) is 0 Å². The predicted molar refractivity (Wildman–Crippen MR) is 134 cm³/mol. The van der Waals surface area contributed by atoms with Gasteiger partial charge in [0.1, 0.15) is 0 Å². The molecule has 0 saturated carbocycles. The second-order valence-corrected chi connectivity index (χ2v) is 9.25. The quantitative estimate of drug-likeness (QED) is 0.125. The third kappa shape index (κ3) is 25.5. The first-order valence-electron chi connectivity index (χ1n) is 13.4. The van der Waals surface area contributed by atoms with Crippen LogP contribution in [0.5, 0.6) is 0 Å². The number of unbranched alkanes of at least 4 members (excludes halogenated alkanes) is 18. The van der Waals surface area contributed by atoms with Gasteiger partial charge in [-0.25, -0.2) is 0 Å². The third-order valence-electron chi connectivity index (χ3n) is 6.12. The van der Waals surface area contributed by atoms with E-state index in [1.165, 1.54) is 122 Å². The molecular weight excluding hydrogens is 348 g/mol. The van der Waals surface area contributed by atoms with E-state index in [2.05, 4.69) is 32.6 Å². The zero-order chi connectivity index (χ0) is 21.3. The minimum atomic E-state index is 0.890. The first-order valence-corrected chi connectivity index (χ1v) is 13.4. The molecule has 0 aromatic carbocycles. The lowest BCUT2D eigenvalue weighted by Gasteiger charge is -2.10. The maximum Gasteiger partial charge on any atom is 0.00887 e. The van der Waals surface area contributed by atoms with Crippen LogP contribution >= 0.6 is 0 Å². The molecule has 0 aromatic heterocycles. The molecule has 0 bridgehead atoms. The molecule has 0 fully saturated rings. The molecule has 29 heavy (non-hydrogen) atoms. The minimum Gasteiger partial charge on any atom is -0.103 e. The van der Waals surface area contributed by atoms with Crippen LogP contribution < -0.4 is 0 Å². The van der Waals surface area contributed by atoms with Gasteiger partial charge < -0.3 is 0 Å². The molecule has 0 heteroatoms. The summed E-state index contributed by atoms with van der Waals surface area (Å²) in [7, 11) is 0. The molecular formula is C29H54. The normalized spacial score (nSPS) is 12.0. The Kier molecular flexibility index (Phi) is 25.2. The number of hydrogen-bond acceptors (Lipinski definition) is 0.